The number of halogens is 1. The molecule has 0 saturated carbocycles. The fraction of sp³-hybridized carbons (Fsp3) is 0.391. The first-order valence-corrected chi connectivity index (χ1v) is 9.91. The molecular weight excluding hydrogens is 355 g/mol. The van der Waals surface area contributed by atoms with Crippen LogP contribution in [0.1, 0.15) is 30.9 Å². The van der Waals surface area contributed by atoms with E-state index in [4.69, 9.17) is 0 Å². The second-order valence-corrected chi connectivity index (χ2v) is 7.30. The largest absolute Gasteiger partial charge is 0.342 e. The van der Waals surface area contributed by atoms with E-state index in [0.717, 1.165) is 5.56 Å². The van der Waals surface area contributed by atoms with Gasteiger partial charge in [0.1, 0.15) is 5.82 Å². The number of carbonyl (C=O) groups excluding carboxylic acids is 2. The molecule has 148 valence electrons. The van der Waals surface area contributed by atoms with E-state index in [0.29, 0.717) is 44.6 Å². The molecule has 2 aromatic rings. The first-order chi connectivity index (χ1) is 13.6. The standard InChI is InChI=1S/C23H27FN2O2/c1-2-25(17-18-7-4-3-5-8-18)23(28)20-11-13-26(14-12-20)22(27)16-19-9-6-10-21(24)15-19/h3-10,15,20H,2,11-14,16-17H2,1H3. The van der Waals surface area contributed by atoms with Crippen LogP contribution in [0.5, 0.6) is 0 Å². The molecule has 0 spiro atoms. The van der Waals surface area contributed by atoms with E-state index in [1.165, 1.54) is 12.1 Å². The van der Waals surface area contributed by atoms with Gasteiger partial charge < -0.3 is 9.80 Å². The van der Waals surface area contributed by atoms with E-state index < -0.39 is 0 Å². The van der Waals surface area contributed by atoms with Crippen LogP contribution < -0.4 is 0 Å². The van der Waals surface area contributed by atoms with Gasteiger partial charge in [0.15, 0.2) is 0 Å². The van der Waals surface area contributed by atoms with Crippen LogP contribution in [0.3, 0.4) is 0 Å². The summed E-state index contributed by atoms with van der Waals surface area (Å²) in [5, 5.41) is 0. The van der Waals surface area contributed by atoms with Gasteiger partial charge in [-0.05, 0) is 43.0 Å². The lowest BCUT2D eigenvalue weighted by Crippen LogP contribution is -2.44. The van der Waals surface area contributed by atoms with Gasteiger partial charge in [-0.1, -0.05) is 42.5 Å². The summed E-state index contributed by atoms with van der Waals surface area (Å²) in [5.74, 6) is -0.203. The van der Waals surface area contributed by atoms with Gasteiger partial charge in [0, 0.05) is 32.1 Å². The van der Waals surface area contributed by atoms with E-state index in [1.54, 1.807) is 17.0 Å². The summed E-state index contributed by atoms with van der Waals surface area (Å²) in [5.41, 5.74) is 1.81. The minimum atomic E-state index is -0.326. The Morgan fingerprint density at radius 1 is 1.04 bits per heavy atom. The highest BCUT2D eigenvalue weighted by Gasteiger charge is 2.29. The van der Waals surface area contributed by atoms with Crippen LogP contribution in [0, 0.1) is 11.7 Å². The molecule has 0 unspecified atom stereocenters. The van der Waals surface area contributed by atoms with Crippen LogP contribution >= 0.6 is 0 Å². The molecule has 0 N–H and O–H groups in total. The molecule has 0 atom stereocenters. The molecule has 0 aliphatic carbocycles. The Morgan fingerprint density at radius 3 is 2.36 bits per heavy atom. The molecule has 1 saturated heterocycles. The number of rotatable bonds is 6. The third-order valence-corrected chi connectivity index (χ3v) is 5.35. The van der Waals surface area contributed by atoms with Gasteiger partial charge in [0.05, 0.1) is 6.42 Å². The van der Waals surface area contributed by atoms with Gasteiger partial charge in [0.25, 0.3) is 0 Å². The lowest BCUT2D eigenvalue weighted by atomic mass is 9.94. The number of carbonyl (C=O) groups is 2. The molecule has 2 aromatic carbocycles. The summed E-state index contributed by atoms with van der Waals surface area (Å²) in [6.45, 7) is 4.45. The van der Waals surface area contributed by atoms with E-state index in [2.05, 4.69) is 0 Å². The Labute approximate surface area is 166 Å². The van der Waals surface area contributed by atoms with Crippen LogP contribution in [0.15, 0.2) is 54.6 Å². The average Bonchev–Trinajstić information content (AvgIpc) is 2.72. The highest BCUT2D eigenvalue weighted by Crippen LogP contribution is 2.21. The van der Waals surface area contributed by atoms with E-state index >= 15 is 0 Å². The molecule has 2 amide bonds. The van der Waals surface area contributed by atoms with Crippen molar-refractivity contribution >= 4 is 11.8 Å². The summed E-state index contributed by atoms with van der Waals surface area (Å²) in [6, 6.07) is 16.2. The third-order valence-electron chi connectivity index (χ3n) is 5.35. The van der Waals surface area contributed by atoms with Crippen molar-refractivity contribution in [1.82, 2.24) is 9.80 Å². The third kappa shape index (κ3) is 5.18. The second kappa shape index (κ2) is 9.49. The fourth-order valence-corrected chi connectivity index (χ4v) is 3.72. The minimum absolute atomic E-state index is 0.00636. The normalized spacial score (nSPS) is 14.7. The SMILES string of the molecule is CCN(Cc1ccccc1)C(=O)C1CCN(C(=O)Cc2cccc(F)c2)CC1. The van der Waals surface area contributed by atoms with Crippen molar-refractivity contribution in [2.45, 2.75) is 32.7 Å². The molecule has 0 bridgehead atoms. The molecular formula is C23H27FN2O2. The summed E-state index contributed by atoms with van der Waals surface area (Å²) in [7, 11) is 0. The molecule has 1 fully saturated rings. The van der Waals surface area contributed by atoms with Gasteiger partial charge >= 0.3 is 0 Å². The molecule has 0 aromatic heterocycles. The van der Waals surface area contributed by atoms with E-state index in [-0.39, 0.29) is 30.0 Å². The highest BCUT2D eigenvalue weighted by molar-refractivity contribution is 5.81. The maximum absolute atomic E-state index is 13.3. The van der Waals surface area contributed by atoms with Gasteiger partial charge in [-0.15, -0.1) is 0 Å². The Bertz CT molecular complexity index is 801. The van der Waals surface area contributed by atoms with Crippen LogP contribution in [-0.2, 0) is 22.6 Å². The molecule has 1 aliphatic rings. The lowest BCUT2D eigenvalue weighted by Gasteiger charge is -2.34. The number of likely N-dealkylation sites (tertiary alicyclic amines) is 1. The zero-order valence-corrected chi connectivity index (χ0v) is 16.3. The van der Waals surface area contributed by atoms with Crippen molar-refractivity contribution in [1.29, 1.82) is 0 Å². The molecule has 1 heterocycles. The van der Waals surface area contributed by atoms with Crippen LogP contribution in [-0.4, -0.2) is 41.2 Å². The topological polar surface area (TPSA) is 40.6 Å². The first kappa shape index (κ1) is 20.1. The number of benzene rings is 2. The Morgan fingerprint density at radius 2 is 1.71 bits per heavy atom. The number of hydrogen-bond donors (Lipinski definition) is 0. The monoisotopic (exact) mass is 382 g/mol. The zero-order valence-electron chi connectivity index (χ0n) is 16.3. The predicted molar refractivity (Wildman–Crippen MR) is 107 cm³/mol. The maximum atomic E-state index is 13.3. The maximum Gasteiger partial charge on any atom is 0.226 e. The van der Waals surface area contributed by atoms with E-state index in [9.17, 15) is 14.0 Å². The molecule has 1 aliphatic heterocycles. The van der Waals surface area contributed by atoms with Gasteiger partial charge in [-0.2, -0.15) is 0 Å². The fourth-order valence-electron chi connectivity index (χ4n) is 3.72. The van der Waals surface area contributed by atoms with Crippen LogP contribution in [0.2, 0.25) is 0 Å². The molecule has 5 heteroatoms. The summed E-state index contributed by atoms with van der Waals surface area (Å²) < 4.78 is 13.3. The van der Waals surface area contributed by atoms with Gasteiger partial charge in [-0.25, -0.2) is 4.39 Å². The average molecular weight is 382 g/mol. The smallest absolute Gasteiger partial charge is 0.226 e. The summed E-state index contributed by atoms with van der Waals surface area (Å²) in [4.78, 5) is 29.1. The number of amides is 2. The molecule has 4 nitrogen and oxygen atoms in total. The molecule has 3 rings (SSSR count). The highest BCUT2D eigenvalue weighted by atomic mass is 19.1. The van der Waals surface area contributed by atoms with Crippen molar-refractivity contribution in [3.63, 3.8) is 0 Å². The van der Waals surface area contributed by atoms with Crippen molar-refractivity contribution in [3.8, 4) is 0 Å². The number of nitrogens with zero attached hydrogens (tertiary/aromatic N) is 2. The van der Waals surface area contributed by atoms with Crippen molar-refractivity contribution in [2.24, 2.45) is 5.92 Å². The Balaban J connectivity index is 1.52. The van der Waals surface area contributed by atoms with Crippen molar-refractivity contribution in [3.05, 3.63) is 71.5 Å². The van der Waals surface area contributed by atoms with Crippen molar-refractivity contribution in [2.75, 3.05) is 19.6 Å². The second-order valence-electron chi connectivity index (χ2n) is 7.30. The summed E-state index contributed by atoms with van der Waals surface area (Å²) in [6.07, 6.45) is 1.56. The lowest BCUT2D eigenvalue weighted by molar-refractivity contribution is -0.140. The van der Waals surface area contributed by atoms with Gasteiger partial charge in [-0.3, -0.25) is 9.59 Å². The Kier molecular flexibility index (Phi) is 6.80. The van der Waals surface area contributed by atoms with Crippen LogP contribution in [0.25, 0.3) is 0 Å². The molecule has 0 radical (unpaired) electrons. The van der Waals surface area contributed by atoms with E-state index in [1.807, 2.05) is 42.2 Å². The zero-order chi connectivity index (χ0) is 19.9. The quantitative estimate of drug-likeness (QED) is 0.765. The Hall–Kier alpha value is -2.69. The van der Waals surface area contributed by atoms with Crippen LogP contribution in [0.4, 0.5) is 4.39 Å². The summed E-state index contributed by atoms with van der Waals surface area (Å²) >= 11 is 0. The van der Waals surface area contributed by atoms with Crippen molar-refractivity contribution < 1.29 is 14.0 Å². The first-order valence-electron chi connectivity index (χ1n) is 9.91. The minimum Gasteiger partial charge on any atom is -0.342 e. The molecule has 28 heavy (non-hydrogen) atoms. The predicted octanol–water partition coefficient (Wildman–Crippen LogP) is 3.66. The number of piperidine rings is 1. The van der Waals surface area contributed by atoms with Gasteiger partial charge in [0.2, 0.25) is 11.8 Å². The number of hydrogen-bond acceptors (Lipinski definition) is 2.